The van der Waals surface area contributed by atoms with Crippen molar-refractivity contribution in [1.29, 1.82) is 0 Å². The molecular formula is C21H24N4O7. The van der Waals surface area contributed by atoms with E-state index in [9.17, 15) is 19.5 Å². The number of carbonyl (C=O) groups excluding carboxylic acids is 2. The van der Waals surface area contributed by atoms with Gasteiger partial charge in [0.05, 0.1) is 26.5 Å². The molecule has 0 saturated carbocycles. The first kappa shape index (κ1) is 22.8. The van der Waals surface area contributed by atoms with Gasteiger partial charge in [0.15, 0.2) is 17.1 Å². The van der Waals surface area contributed by atoms with Crippen molar-refractivity contribution >= 4 is 17.6 Å². The van der Waals surface area contributed by atoms with Gasteiger partial charge in [-0.25, -0.2) is 19.1 Å². The third-order valence-corrected chi connectivity index (χ3v) is 4.79. The van der Waals surface area contributed by atoms with Crippen LogP contribution in [-0.2, 0) is 20.8 Å². The highest BCUT2D eigenvalue weighted by Crippen LogP contribution is 2.29. The third kappa shape index (κ3) is 4.42. The molecule has 0 radical (unpaired) electrons. The number of carbonyl (C=O) groups is 2. The number of nitrogens with one attached hydrogen (secondary N) is 2. The highest BCUT2D eigenvalue weighted by atomic mass is 16.5. The van der Waals surface area contributed by atoms with E-state index >= 15 is 0 Å². The van der Waals surface area contributed by atoms with E-state index in [2.05, 4.69) is 15.4 Å². The lowest BCUT2D eigenvalue weighted by Gasteiger charge is -2.17. The molecule has 2 aromatic heterocycles. The molecule has 32 heavy (non-hydrogen) atoms. The molecule has 2 heterocycles. The van der Waals surface area contributed by atoms with Crippen molar-refractivity contribution in [2.45, 2.75) is 26.4 Å². The molecule has 0 aliphatic carbocycles. The Morgan fingerprint density at radius 2 is 2.03 bits per heavy atom. The number of benzene rings is 1. The Kier molecular flexibility index (Phi) is 6.79. The van der Waals surface area contributed by atoms with Gasteiger partial charge in [-0.3, -0.25) is 15.2 Å². The number of nitrogens with zero attached hydrogens (tertiary/aromatic N) is 2. The second kappa shape index (κ2) is 9.52. The average molecular weight is 444 g/mol. The molecule has 1 atom stereocenters. The van der Waals surface area contributed by atoms with Gasteiger partial charge in [0.1, 0.15) is 11.6 Å². The summed E-state index contributed by atoms with van der Waals surface area (Å²) in [4.78, 5) is 41.6. The summed E-state index contributed by atoms with van der Waals surface area (Å²) in [5.41, 5.74) is 1.03. The first-order chi connectivity index (χ1) is 15.3. The molecule has 3 rings (SSSR count). The Balaban J connectivity index is 1.94. The molecule has 0 fully saturated rings. The summed E-state index contributed by atoms with van der Waals surface area (Å²) in [6.07, 6.45) is 0. The summed E-state index contributed by atoms with van der Waals surface area (Å²) < 4.78 is 16.1. The van der Waals surface area contributed by atoms with Crippen LogP contribution < -0.4 is 15.6 Å². The van der Waals surface area contributed by atoms with Crippen molar-refractivity contribution in [3.05, 3.63) is 57.1 Å². The monoisotopic (exact) mass is 444 g/mol. The number of esters is 2. The number of phenolic OH excluding ortho intramolecular Hbond substituents is 1. The van der Waals surface area contributed by atoms with Crippen LogP contribution in [0.5, 0.6) is 11.5 Å². The van der Waals surface area contributed by atoms with Gasteiger partial charge < -0.3 is 19.3 Å². The molecule has 0 unspecified atom stereocenters. The van der Waals surface area contributed by atoms with Gasteiger partial charge in [-0.2, -0.15) is 0 Å². The summed E-state index contributed by atoms with van der Waals surface area (Å²) in [6.45, 7) is 3.50. The minimum absolute atomic E-state index is 0.00475. The SMILES string of the molecule is CCOC(=O)c1c(C)[nH]n2c(=O)cc(CN[C@H](C(=O)OC)c3ccc(OC)c(O)c3)nc12. The molecular weight excluding hydrogens is 420 g/mol. The topological polar surface area (TPSA) is 144 Å². The smallest absolute Gasteiger partial charge is 0.343 e. The lowest BCUT2D eigenvalue weighted by molar-refractivity contribution is -0.143. The molecule has 0 saturated heterocycles. The number of H-pyrrole nitrogens is 1. The van der Waals surface area contributed by atoms with Crippen LogP contribution in [0.2, 0.25) is 0 Å². The fraction of sp³-hybridized carbons (Fsp3) is 0.333. The van der Waals surface area contributed by atoms with E-state index in [0.717, 1.165) is 4.52 Å². The third-order valence-electron chi connectivity index (χ3n) is 4.79. The fourth-order valence-electron chi connectivity index (χ4n) is 3.28. The molecule has 0 aliphatic rings. The Labute approximate surface area is 182 Å². The zero-order valence-corrected chi connectivity index (χ0v) is 18.1. The van der Waals surface area contributed by atoms with Crippen LogP contribution in [0.3, 0.4) is 0 Å². The van der Waals surface area contributed by atoms with Crippen molar-refractivity contribution in [1.82, 2.24) is 19.9 Å². The quantitative estimate of drug-likeness (QED) is 0.437. The van der Waals surface area contributed by atoms with Gasteiger partial charge in [0, 0.05) is 18.3 Å². The summed E-state index contributed by atoms with van der Waals surface area (Å²) in [5.74, 6) is -1.08. The van der Waals surface area contributed by atoms with Gasteiger partial charge in [0.25, 0.3) is 5.56 Å². The van der Waals surface area contributed by atoms with Crippen LogP contribution in [0, 0.1) is 6.92 Å². The van der Waals surface area contributed by atoms with Crippen LogP contribution in [0.15, 0.2) is 29.1 Å². The number of rotatable bonds is 8. The highest BCUT2D eigenvalue weighted by molar-refractivity contribution is 5.97. The maximum absolute atomic E-state index is 12.5. The minimum atomic E-state index is -0.949. The number of aromatic hydroxyl groups is 1. The second-order valence-electron chi connectivity index (χ2n) is 6.85. The first-order valence-corrected chi connectivity index (χ1v) is 9.77. The number of phenols is 1. The summed E-state index contributed by atoms with van der Waals surface area (Å²) >= 11 is 0. The highest BCUT2D eigenvalue weighted by Gasteiger charge is 2.24. The van der Waals surface area contributed by atoms with E-state index in [-0.39, 0.29) is 35.9 Å². The number of aryl methyl sites for hydroxylation is 1. The van der Waals surface area contributed by atoms with Gasteiger partial charge in [0.2, 0.25) is 0 Å². The predicted octanol–water partition coefficient (Wildman–Crippen LogP) is 1.23. The lowest BCUT2D eigenvalue weighted by atomic mass is 10.1. The van der Waals surface area contributed by atoms with Crippen LogP contribution in [0.4, 0.5) is 0 Å². The van der Waals surface area contributed by atoms with Crippen molar-refractivity contribution in [2.75, 3.05) is 20.8 Å². The summed E-state index contributed by atoms with van der Waals surface area (Å²) in [7, 11) is 2.66. The Morgan fingerprint density at radius 3 is 2.66 bits per heavy atom. The molecule has 3 aromatic rings. The van der Waals surface area contributed by atoms with E-state index in [0.29, 0.717) is 17.0 Å². The van der Waals surface area contributed by atoms with E-state index in [1.54, 1.807) is 19.9 Å². The van der Waals surface area contributed by atoms with Crippen LogP contribution in [0.25, 0.3) is 5.65 Å². The van der Waals surface area contributed by atoms with Crippen molar-refractivity contribution < 1.29 is 28.9 Å². The molecule has 0 amide bonds. The largest absolute Gasteiger partial charge is 0.504 e. The fourth-order valence-corrected chi connectivity index (χ4v) is 3.28. The number of aromatic amines is 1. The van der Waals surface area contributed by atoms with Crippen molar-refractivity contribution in [2.24, 2.45) is 0 Å². The summed E-state index contributed by atoms with van der Waals surface area (Å²) in [6, 6.07) is 4.84. The van der Waals surface area contributed by atoms with Gasteiger partial charge >= 0.3 is 11.9 Å². The van der Waals surface area contributed by atoms with Crippen molar-refractivity contribution in [3.8, 4) is 11.5 Å². The molecule has 1 aromatic carbocycles. The van der Waals surface area contributed by atoms with E-state index in [1.807, 2.05) is 0 Å². The van der Waals surface area contributed by atoms with Gasteiger partial charge in [-0.05, 0) is 31.5 Å². The normalized spacial score (nSPS) is 11.9. The maximum Gasteiger partial charge on any atom is 0.343 e. The predicted molar refractivity (Wildman–Crippen MR) is 113 cm³/mol. The number of aromatic nitrogens is 3. The number of methoxy groups -OCH3 is 2. The summed E-state index contributed by atoms with van der Waals surface area (Å²) in [5, 5.41) is 15.8. The Hall–Kier alpha value is -3.86. The molecule has 170 valence electrons. The van der Waals surface area contributed by atoms with Gasteiger partial charge in [-0.15, -0.1) is 0 Å². The second-order valence-corrected chi connectivity index (χ2v) is 6.85. The molecule has 0 spiro atoms. The minimum Gasteiger partial charge on any atom is -0.504 e. The molecule has 3 N–H and O–H groups in total. The molecule has 11 heteroatoms. The first-order valence-electron chi connectivity index (χ1n) is 9.77. The van der Waals surface area contributed by atoms with Crippen molar-refractivity contribution in [3.63, 3.8) is 0 Å². The Morgan fingerprint density at radius 1 is 1.28 bits per heavy atom. The number of fused-ring (bicyclic) bond motifs is 1. The number of hydrogen-bond acceptors (Lipinski definition) is 9. The maximum atomic E-state index is 12.5. The van der Waals surface area contributed by atoms with Crippen LogP contribution >= 0.6 is 0 Å². The van der Waals surface area contributed by atoms with E-state index < -0.39 is 23.5 Å². The van der Waals surface area contributed by atoms with Crippen LogP contribution in [-0.4, -0.2) is 52.5 Å². The molecule has 11 nitrogen and oxygen atoms in total. The zero-order chi connectivity index (χ0) is 23.4. The Bertz CT molecular complexity index is 1210. The standard InChI is InChI=1S/C21H24N4O7/c1-5-32-20(28)17-11(2)24-25-16(27)9-13(23-19(17)25)10-22-18(21(29)31-4)12-6-7-15(30-3)14(26)8-12/h6-9,18,22,24,26H,5,10H2,1-4H3/t18-/m0/s1. The average Bonchev–Trinajstić information content (AvgIpc) is 3.10. The zero-order valence-electron chi connectivity index (χ0n) is 18.1. The molecule has 0 aliphatic heterocycles. The number of hydrogen-bond donors (Lipinski definition) is 3. The lowest BCUT2D eigenvalue weighted by Crippen LogP contribution is -2.30. The van der Waals surface area contributed by atoms with Gasteiger partial charge in [-0.1, -0.05) is 6.07 Å². The van der Waals surface area contributed by atoms with E-state index in [1.165, 1.54) is 32.4 Å². The van der Waals surface area contributed by atoms with E-state index in [4.69, 9.17) is 14.2 Å². The van der Waals surface area contributed by atoms with Crippen LogP contribution in [0.1, 0.15) is 40.3 Å². The number of ether oxygens (including phenoxy) is 3. The molecule has 0 bridgehead atoms.